The lowest BCUT2D eigenvalue weighted by Gasteiger charge is -2.38. The highest BCUT2D eigenvalue weighted by Crippen LogP contribution is 2.40. The molecule has 0 unspecified atom stereocenters. The quantitative estimate of drug-likeness (QED) is 0.569. The van der Waals surface area contributed by atoms with E-state index in [-0.39, 0.29) is 12.2 Å². The number of nitrogens with zero attached hydrogens (tertiary/aromatic N) is 1. The molecule has 4 heteroatoms. The Morgan fingerprint density at radius 2 is 1.31 bits per heavy atom. The molecule has 4 nitrogen and oxygen atoms in total. The van der Waals surface area contributed by atoms with E-state index >= 15 is 0 Å². The highest BCUT2D eigenvalue weighted by molar-refractivity contribution is 5.68. The Bertz CT molecular complexity index is 831. The molecule has 4 rings (SSSR count). The first-order valence-electron chi connectivity index (χ1n) is 9.92. The number of ether oxygens (including phenoxy) is 2. The van der Waals surface area contributed by atoms with Crippen molar-refractivity contribution >= 4 is 6.09 Å². The molecule has 1 amide bonds. The Labute approximate surface area is 171 Å². The van der Waals surface area contributed by atoms with Crippen LogP contribution in [0.2, 0.25) is 0 Å². The Morgan fingerprint density at radius 3 is 1.72 bits per heavy atom. The fraction of sp³-hybridized carbons (Fsp3) is 0.240. The molecule has 0 aliphatic carbocycles. The minimum Gasteiger partial charge on any atom is -0.444 e. The number of benzene rings is 3. The van der Waals surface area contributed by atoms with E-state index in [1.165, 1.54) is 0 Å². The fourth-order valence-corrected chi connectivity index (χ4v) is 3.82. The number of carbonyl (C=O) groups is 1. The summed E-state index contributed by atoms with van der Waals surface area (Å²) in [5, 5.41) is 0. The van der Waals surface area contributed by atoms with Gasteiger partial charge < -0.3 is 14.4 Å². The third-order valence-electron chi connectivity index (χ3n) is 5.39. The Kier molecular flexibility index (Phi) is 5.63. The average molecular weight is 387 g/mol. The number of cyclic esters (lactones) is 1. The molecule has 0 aromatic heterocycles. The zero-order valence-electron chi connectivity index (χ0n) is 16.5. The van der Waals surface area contributed by atoms with Crippen LogP contribution < -0.4 is 0 Å². The van der Waals surface area contributed by atoms with E-state index < -0.39 is 5.60 Å². The van der Waals surface area contributed by atoms with Crippen molar-refractivity contribution in [3.05, 3.63) is 108 Å². The van der Waals surface area contributed by atoms with Crippen molar-refractivity contribution in [3.8, 4) is 0 Å². The van der Waals surface area contributed by atoms with Crippen molar-refractivity contribution in [1.82, 2.24) is 4.90 Å². The molecule has 0 radical (unpaired) electrons. The van der Waals surface area contributed by atoms with Crippen LogP contribution in [0.1, 0.15) is 23.1 Å². The molecule has 1 atom stereocenters. The first kappa shape index (κ1) is 19.2. The summed E-state index contributed by atoms with van der Waals surface area (Å²) in [4.78, 5) is 13.6. The molecule has 29 heavy (non-hydrogen) atoms. The van der Waals surface area contributed by atoms with Crippen LogP contribution in [0.5, 0.6) is 0 Å². The zero-order valence-corrected chi connectivity index (χ0v) is 16.5. The molecule has 3 aromatic carbocycles. The highest BCUT2D eigenvalue weighted by Gasteiger charge is 2.39. The van der Waals surface area contributed by atoms with E-state index in [1.54, 1.807) is 11.9 Å². The smallest absolute Gasteiger partial charge is 0.409 e. The normalized spacial score (nSPS) is 17.1. The van der Waals surface area contributed by atoms with Crippen molar-refractivity contribution < 1.29 is 14.3 Å². The minimum absolute atomic E-state index is 0.269. The summed E-state index contributed by atoms with van der Waals surface area (Å²) in [5.41, 5.74) is 2.32. The molecule has 3 aromatic rings. The zero-order chi connectivity index (χ0) is 20.1. The van der Waals surface area contributed by atoms with Crippen molar-refractivity contribution in [1.29, 1.82) is 0 Å². The van der Waals surface area contributed by atoms with Crippen LogP contribution in [-0.2, 0) is 15.1 Å². The summed E-state index contributed by atoms with van der Waals surface area (Å²) < 4.78 is 12.3. The van der Waals surface area contributed by atoms with Gasteiger partial charge in [-0.3, -0.25) is 0 Å². The number of hydrogen-bond acceptors (Lipinski definition) is 3. The Balaban J connectivity index is 1.77. The third kappa shape index (κ3) is 3.89. The molecule has 1 saturated heterocycles. The molecule has 148 valence electrons. The van der Waals surface area contributed by atoms with Gasteiger partial charge in [0, 0.05) is 20.0 Å². The second kappa shape index (κ2) is 8.50. The number of rotatable bonds is 6. The molecular formula is C25H25NO3. The molecule has 1 fully saturated rings. The third-order valence-corrected chi connectivity index (χ3v) is 5.39. The standard InChI is InChI=1S/C25H25NO3/c1-26-18-17-23(29-24(26)27)19-28-25(20-11-5-2-6-12-20,21-13-7-3-8-14-21)22-15-9-4-10-16-22/h2-16,23H,17-19H2,1H3/t23-/m0/s1. The summed E-state index contributed by atoms with van der Waals surface area (Å²) in [6.45, 7) is 0.986. The Hall–Kier alpha value is -3.11. The van der Waals surface area contributed by atoms with E-state index in [9.17, 15) is 4.79 Å². The topological polar surface area (TPSA) is 38.8 Å². The second-order valence-electron chi connectivity index (χ2n) is 7.31. The van der Waals surface area contributed by atoms with E-state index in [4.69, 9.17) is 9.47 Å². The monoisotopic (exact) mass is 387 g/mol. The van der Waals surface area contributed by atoms with Crippen LogP contribution in [0, 0.1) is 0 Å². The molecule has 1 aliphatic heterocycles. The fourth-order valence-electron chi connectivity index (χ4n) is 3.82. The molecule has 1 heterocycles. The lowest BCUT2D eigenvalue weighted by Crippen LogP contribution is -2.43. The van der Waals surface area contributed by atoms with Gasteiger partial charge in [0.05, 0.1) is 6.61 Å². The van der Waals surface area contributed by atoms with Crippen LogP contribution in [0.25, 0.3) is 0 Å². The first-order chi connectivity index (χ1) is 14.2. The largest absolute Gasteiger partial charge is 0.444 e. The summed E-state index contributed by atoms with van der Waals surface area (Å²) in [5.74, 6) is 0. The summed E-state index contributed by atoms with van der Waals surface area (Å²) in [7, 11) is 1.75. The summed E-state index contributed by atoms with van der Waals surface area (Å²) >= 11 is 0. The van der Waals surface area contributed by atoms with Gasteiger partial charge >= 0.3 is 6.09 Å². The van der Waals surface area contributed by atoms with E-state index in [1.807, 2.05) is 54.6 Å². The molecule has 1 aliphatic rings. The highest BCUT2D eigenvalue weighted by atomic mass is 16.6. The van der Waals surface area contributed by atoms with Crippen molar-refractivity contribution in [2.75, 3.05) is 20.2 Å². The van der Waals surface area contributed by atoms with Gasteiger partial charge in [-0.25, -0.2) is 4.79 Å². The van der Waals surface area contributed by atoms with Crippen LogP contribution in [0.15, 0.2) is 91.0 Å². The van der Waals surface area contributed by atoms with Crippen molar-refractivity contribution in [3.63, 3.8) is 0 Å². The van der Waals surface area contributed by atoms with Crippen LogP contribution in [0.4, 0.5) is 4.79 Å². The van der Waals surface area contributed by atoms with Crippen LogP contribution >= 0.6 is 0 Å². The first-order valence-corrected chi connectivity index (χ1v) is 9.92. The maximum absolute atomic E-state index is 12.0. The second-order valence-corrected chi connectivity index (χ2v) is 7.31. The molecular weight excluding hydrogens is 362 g/mol. The number of amides is 1. The maximum atomic E-state index is 12.0. The molecule has 0 saturated carbocycles. The van der Waals surface area contributed by atoms with Crippen LogP contribution in [0.3, 0.4) is 0 Å². The van der Waals surface area contributed by atoms with Gasteiger partial charge in [0.1, 0.15) is 11.7 Å². The van der Waals surface area contributed by atoms with Gasteiger partial charge in [-0.1, -0.05) is 91.0 Å². The number of carbonyl (C=O) groups excluding carboxylic acids is 1. The average Bonchev–Trinajstić information content (AvgIpc) is 2.79. The minimum atomic E-state index is -0.792. The van der Waals surface area contributed by atoms with Gasteiger partial charge in [0.25, 0.3) is 0 Å². The SMILES string of the molecule is CN1CC[C@@H](COC(c2ccccc2)(c2ccccc2)c2ccccc2)OC1=O. The van der Waals surface area contributed by atoms with Gasteiger partial charge in [-0.2, -0.15) is 0 Å². The lowest BCUT2D eigenvalue weighted by atomic mass is 9.80. The van der Waals surface area contributed by atoms with Crippen molar-refractivity contribution in [2.24, 2.45) is 0 Å². The molecule has 0 spiro atoms. The molecule has 0 bridgehead atoms. The van der Waals surface area contributed by atoms with E-state index in [0.717, 1.165) is 23.1 Å². The number of hydrogen-bond donors (Lipinski definition) is 0. The predicted molar refractivity (Wildman–Crippen MR) is 113 cm³/mol. The van der Waals surface area contributed by atoms with Crippen molar-refractivity contribution in [2.45, 2.75) is 18.1 Å². The predicted octanol–water partition coefficient (Wildman–Crippen LogP) is 4.84. The van der Waals surface area contributed by atoms with E-state index in [0.29, 0.717) is 13.2 Å². The van der Waals surface area contributed by atoms with Gasteiger partial charge in [-0.05, 0) is 16.7 Å². The van der Waals surface area contributed by atoms with Gasteiger partial charge in [-0.15, -0.1) is 0 Å². The van der Waals surface area contributed by atoms with Gasteiger partial charge in [0.15, 0.2) is 0 Å². The van der Waals surface area contributed by atoms with Crippen LogP contribution in [-0.4, -0.2) is 37.3 Å². The Morgan fingerprint density at radius 1 is 0.862 bits per heavy atom. The molecule has 0 N–H and O–H groups in total. The van der Waals surface area contributed by atoms with Gasteiger partial charge in [0.2, 0.25) is 0 Å². The summed E-state index contributed by atoms with van der Waals surface area (Å²) in [6.07, 6.45) is 0.181. The maximum Gasteiger partial charge on any atom is 0.409 e. The van der Waals surface area contributed by atoms with E-state index in [2.05, 4.69) is 36.4 Å². The lowest BCUT2D eigenvalue weighted by molar-refractivity contribution is -0.0620. The summed E-state index contributed by atoms with van der Waals surface area (Å²) in [6, 6.07) is 30.6.